The van der Waals surface area contributed by atoms with Crippen molar-refractivity contribution in [1.29, 1.82) is 0 Å². The molecule has 0 saturated heterocycles. The van der Waals surface area contributed by atoms with E-state index in [2.05, 4.69) is 261 Å². The van der Waals surface area contributed by atoms with Gasteiger partial charge in [-0.05, 0) is 114 Å². The molecule has 0 spiro atoms. The largest absolute Gasteiger partial charge is 0.228 e. The summed E-state index contributed by atoms with van der Waals surface area (Å²) in [5, 5.41) is 0. The zero-order chi connectivity index (χ0) is 44.1. The van der Waals surface area contributed by atoms with Gasteiger partial charge >= 0.3 is 0 Å². The molecule has 11 aromatic rings. The highest BCUT2D eigenvalue weighted by molar-refractivity contribution is 5.91. The zero-order valence-corrected chi connectivity index (χ0v) is 36.3. The molecule has 10 aromatic carbocycles. The first-order valence-corrected chi connectivity index (χ1v) is 22.5. The third kappa shape index (κ3) is 8.40. The SMILES string of the molecule is c1ccc(-c2ccc(-c3cc(-c4ccccc4)nc(-c4cc(-c5ccc(-c6ccccc6)c(-c6ccccc6)c5)cc(-c5ccc(-c6ccccc6)c(-c6ccccc6)c5)c4)n3)cc2)cc1. The van der Waals surface area contributed by atoms with Gasteiger partial charge in [0.25, 0.3) is 0 Å². The quantitative estimate of drug-likeness (QED) is 0.137. The third-order valence-electron chi connectivity index (χ3n) is 12.3. The Balaban J connectivity index is 1.12. The van der Waals surface area contributed by atoms with E-state index < -0.39 is 0 Å². The molecule has 11 rings (SSSR count). The van der Waals surface area contributed by atoms with Gasteiger partial charge in [-0.1, -0.05) is 231 Å². The summed E-state index contributed by atoms with van der Waals surface area (Å²) in [6.45, 7) is 0. The minimum absolute atomic E-state index is 0.662. The second kappa shape index (κ2) is 18.2. The lowest BCUT2D eigenvalue weighted by molar-refractivity contribution is 1.18. The summed E-state index contributed by atoms with van der Waals surface area (Å²) < 4.78 is 0. The molecule has 0 saturated carbocycles. The first-order valence-electron chi connectivity index (χ1n) is 22.5. The van der Waals surface area contributed by atoms with Crippen LogP contribution < -0.4 is 0 Å². The summed E-state index contributed by atoms with van der Waals surface area (Å²) in [6.07, 6.45) is 0. The van der Waals surface area contributed by atoms with Crippen LogP contribution in [0, 0.1) is 0 Å². The van der Waals surface area contributed by atoms with Crippen LogP contribution in [0.5, 0.6) is 0 Å². The Labute approximate surface area is 386 Å². The highest BCUT2D eigenvalue weighted by Crippen LogP contribution is 2.41. The summed E-state index contributed by atoms with van der Waals surface area (Å²) in [7, 11) is 0. The fraction of sp³-hybridized carbons (Fsp3) is 0. The maximum atomic E-state index is 5.40. The molecule has 0 unspecified atom stereocenters. The number of aromatic nitrogens is 2. The second-order valence-electron chi connectivity index (χ2n) is 16.6. The van der Waals surface area contributed by atoms with Gasteiger partial charge in [0.2, 0.25) is 0 Å². The Hall–Kier alpha value is -8.72. The van der Waals surface area contributed by atoms with Crippen molar-refractivity contribution in [3.8, 4) is 112 Å². The molecule has 0 atom stereocenters. The molecular weight excluding hydrogens is 797 g/mol. The Morgan fingerprint density at radius 3 is 0.864 bits per heavy atom. The summed E-state index contributed by atoms with van der Waals surface area (Å²) in [5.74, 6) is 0.662. The van der Waals surface area contributed by atoms with Crippen molar-refractivity contribution in [1.82, 2.24) is 9.97 Å². The smallest absolute Gasteiger partial charge is 0.160 e. The minimum Gasteiger partial charge on any atom is -0.228 e. The van der Waals surface area contributed by atoms with Crippen LogP contribution in [-0.2, 0) is 0 Å². The van der Waals surface area contributed by atoms with Crippen molar-refractivity contribution >= 4 is 0 Å². The van der Waals surface area contributed by atoms with Gasteiger partial charge in [0.15, 0.2) is 5.82 Å². The summed E-state index contributed by atoms with van der Waals surface area (Å²) in [6, 6.07) is 95.0. The van der Waals surface area contributed by atoms with Crippen LogP contribution in [0.3, 0.4) is 0 Å². The Bertz CT molecular complexity index is 3260. The molecule has 1 aromatic heterocycles. The predicted octanol–water partition coefficient (Wildman–Crippen LogP) is 17.1. The predicted molar refractivity (Wildman–Crippen MR) is 276 cm³/mol. The van der Waals surface area contributed by atoms with Crippen LogP contribution in [0.1, 0.15) is 0 Å². The van der Waals surface area contributed by atoms with E-state index in [-0.39, 0.29) is 0 Å². The molecule has 2 heteroatoms. The standard InChI is InChI=1S/C64H44N2/c1-7-19-45(20-8-1)46-31-33-52(34-32-46)63-44-62(51-29-17-6-18-30-51)65-64(66-63)57-40-55(53-35-37-58(47-21-9-2-10-22-47)60(42-53)49-25-13-4-14-26-49)39-56(41-57)54-36-38-59(48-23-11-3-12-24-48)61(43-54)50-27-15-5-16-28-50/h1-44H. The van der Waals surface area contributed by atoms with Gasteiger partial charge in [-0.25, -0.2) is 9.97 Å². The van der Waals surface area contributed by atoms with Gasteiger partial charge in [-0.3, -0.25) is 0 Å². The van der Waals surface area contributed by atoms with E-state index in [0.29, 0.717) is 5.82 Å². The van der Waals surface area contributed by atoms with Crippen molar-refractivity contribution in [2.24, 2.45) is 0 Å². The van der Waals surface area contributed by atoms with E-state index >= 15 is 0 Å². The third-order valence-corrected chi connectivity index (χ3v) is 12.3. The lowest BCUT2D eigenvalue weighted by Gasteiger charge is -2.17. The molecule has 0 bridgehead atoms. The van der Waals surface area contributed by atoms with Gasteiger partial charge in [0.05, 0.1) is 11.4 Å². The average Bonchev–Trinajstić information content (AvgIpc) is 3.42. The maximum absolute atomic E-state index is 5.40. The minimum atomic E-state index is 0.662. The molecule has 0 fully saturated rings. The summed E-state index contributed by atoms with van der Waals surface area (Å²) >= 11 is 0. The molecule has 310 valence electrons. The van der Waals surface area contributed by atoms with Crippen molar-refractivity contribution in [2.75, 3.05) is 0 Å². The summed E-state index contributed by atoms with van der Waals surface area (Å²) in [5.41, 5.74) is 20.9. The fourth-order valence-electron chi connectivity index (χ4n) is 8.93. The fourth-order valence-corrected chi connectivity index (χ4v) is 8.93. The first kappa shape index (κ1) is 40.1. The van der Waals surface area contributed by atoms with Crippen molar-refractivity contribution in [2.45, 2.75) is 0 Å². The van der Waals surface area contributed by atoms with Crippen molar-refractivity contribution < 1.29 is 0 Å². The molecule has 1 heterocycles. The van der Waals surface area contributed by atoms with E-state index in [4.69, 9.17) is 9.97 Å². The molecule has 0 amide bonds. The van der Waals surface area contributed by atoms with E-state index in [1.165, 1.54) is 50.1 Å². The van der Waals surface area contributed by atoms with E-state index in [1.54, 1.807) is 0 Å². The molecule has 0 radical (unpaired) electrons. The topological polar surface area (TPSA) is 25.8 Å². The van der Waals surface area contributed by atoms with Gasteiger partial charge in [0.1, 0.15) is 0 Å². The Morgan fingerprint density at radius 1 is 0.167 bits per heavy atom. The monoisotopic (exact) mass is 840 g/mol. The van der Waals surface area contributed by atoms with E-state index in [0.717, 1.165) is 55.9 Å². The van der Waals surface area contributed by atoms with Crippen LogP contribution in [0.25, 0.3) is 112 Å². The lowest BCUT2D eigenvalue weighted by Crippen LogP contribution is -1.97. The van der Waals surface area contributed by atoms with Crippen molar-refractivity contribution in [3.63, 3.8) is 0 Å². The molecular formula is C64H44N2. The Morgan fingerprint density at radius 2 is 0.455 bits per heavy atom. The maximum Gasteiger partial charge on any atom is 0.160 e. The number of hydrogen-bond donors (Lipinski definition) is 0. The van der Waals surface area contributed by atoms with Crippen LogP contribution >= 0.6 is 0 Å². The zero-order valence-electron chi connectivity index (χ0n) is 36.3. The number of nitrogens with zero attached hydrogens (tertiary/aromatic N) is 2. The number of rotatable bonds is 10. The second-order valence-corrected chi connectivity index (χ2v) is 16.6. The number of benzene rings is 10. The van der Waals surface area contributed by atoms with E-state index in [1.807, 2.05) is 6.07 Å². The van der Waals surface area contributed by atoms with Crippen LogP contribution in [-0.4, -0.2) is 9.97 Å². The molecule has 0 aliphatic rings. The van der Waals surface area contributed by atoms with Gasteiger partial charge < -0.3 is 0 Å². The van der Waals surface area contributed by atoms with Crippen molar-refractivity contribution in [3.05, 3.63) is 267 Å². The van der Waals surface area contributed by atoms with Gasteiger partial charge in [-0.15, -0.1) is 0 Å². The highest BCUT2D eigenvalue weighted by Gasteiger charge is 2.17. The number of hydrogen-bond acceptors (Lipinski definition) is 2. The highest BCUT2D eigenvalue weighted by atomic mass is 14.9. The summed E-state index contributed by atoms with van der Waals surface area (Å²) in [4.78, 5) is 10.8. The molecule has 0 N–H and O–H groups in total. The van der Waals surface area contributed by atoms with Gasteiger partial charge in [-0.2, -0.15) is 0 Å². The first-order chi connectivity index (χ1) is 32.7. The normalized spacial score (nSPS) is 11.0. The van der Waals surface area contributed by atoms with Gasteiger partial charge in [0, 0.05) is 16.7 Å². The van der Waals surface area contributed by atoms with Crippen LogP contribution in [0.4, 0.5) is 0 Å². The van der Waals surface area contributed by atoms with Crippen LogP contribution in [0.2, 0.25) is 0 Å². The molecule has 66 heavy (non-hydrogen) atoms. The molecule has 0 aliphatic heterocycles. The van der Waals surface area contributed by atoms with E-state index in [9.17, 15) is 0 Å². The lowest BCUT2D eigenvalue weighted by atomic mass is 9.88. The Kier molecular flexibility index (Phi) is 11.0. The average molecular weight is 841 g/mol. The molecule has 0 aliphatic carbocycles. The molecule has 2 nitrogen and oxygen atoms in total. The van der Waals surface area contributed by atoms with Crippen LogP contribution in [0.15, 0.2) is 267 Å².